The average Bonchev–Trinajstić information content (AvgIpc) is 2.76. The highest BCUT2D eigenvalue weighted by molar-refractivity contribution is 6.31. The Balaban J connectivity index is 1.67. The standard InChI is InChI=1S/C21H12ClF4N3O5/c22-15-10-13(4-7-16(15)23)27-20(31)28-19(30)11-1-5-14(6-2-11)34-18-8-3-12(21(24,25)26)9-17(18)29(32)33/h1-10H,(H2,27,28,30,31). The first-order chi connectivity index (χ1) is 15.9. The molecule has 0 bridgehead atoms. The van der Waals surface area contributed by atoms with Gasteiger partial charge in [0.2, 0.25) is 5.75 Å². The van der Waals surface area contributed by atoms with E-state index in [9.17, 15) is 37.3 Å². The number of hydrogen-bond acceptors (Lipinski definition) is 5. The maximum absolute atomic E-state index is 13.2. The van der Waals surface area contributed by atoms with Crippen molar-refractivity contribution >= 4 is 34.9 Å². The summed E-state index contributed by atoms with van der Waals surface area (Å²) >= 11 is 5.61. The fourth-order valence-electron chi connectivity index (χ4n) is 2.64. The van der Waals surface area contributed by atoms with Crippen molar-refractivity contribution in [3.63, 3.8) is 0 Å². The number of alkyl halides is 3. The van der Waals surface area contributed by atoms with Crippen molar-refractivity contribution in [3.05, 3.63) is 92.7 Å². The average molecular weight is 498 g/mol. The highest BCUT2D eigenvalue weighted by Gasteiger charge is 2.33. The number of benzene rings is 3. The molecule has 3 rings (SSSR count). The fraction of sp³-hybridized carbons (Fsp3) is 0.0476. The van der Waals surface area contributed by atoms with E-state index in [2.05, 4.69) is 5.32 Å². The molecule has 0 aliphatic rings. The molecule has 0 saturated heterocycles. The van der Waals surface area contributed by atoms with Crippen molar-refractivity contribution in [2.45, 2.75) is 6.18 Å². The van der Waals surface area contributed by atoms with Crippen LogP contribution in [-0.2, 0) is 6.18 Å². The Morgan fingerprint density at radius 3 is 2.26 bits per heavy atom. The van der Waals surface area contributed by atoms with E-state index >= 15 is 0 Å². The van der Waals surface area contributed by atoms with Crippen LogP contribution in [0, 0.1) is 15.9 Å². The van der Waals surface area contributed by atoms with Crippen LogP contribution in [0.2, 0.25) is 5.02 Å². The number of halogens is 5. The maximum atomic E-state index is 13.2. The highest BCUT2D eigenvalue weighted by Crippen LogP contribution is 2.37. The van der Waals surface area contributed by atoms with E-state index in [1.165, 1.54) is 30.3 Å². The van der Waals surface area contributed by atoms with E-state index in [4.69, 9.17) is 16.3 Å². The summed E-state index contributed by atoms with van der Waals surface area (Å²) in [5.74, 6) is -1.96. The first kappa shape index (κ1) is 24.5. The molecule has 0 heterocycles. The molecule has 3 aromatic rings. The second kappa shape index (κ2) is 9.75. The van der Waals surface area contributed by atoms with Crippen LogP contribution < -0.4 is 15.4 Å². The molecule has 0 atom stereocenters. The van der Waals surface area contributed by atoms with Crippen molar-refractivity contribution in [2.75, 3.05) is 5.32 Å². The van der Waals surface area contributed by atoms with Gasteiger partial charge in [-0.15, -0.1) is 0 Å². The third kappa shape index (κ3) is 5.98. The Morgan fingerprint density at radius 2 is 1.68 bits per heavy atom. The monoisotopic (exact) mass is 497 g/mol. The Morgan fingerprint density at radius 1 is 1.00 bits per heavy atom. The molecule has 0 radical (unpaired) electrons. The Labute approximate surface area is 193 Å². The minimum Gasteiger partial charge on any atom is -0.450 e. The van der Waals surface area contributed by atoms with Crippen molar-refractivity contribution in [3.8, 4) is 11.5 Å². The van der Waals surface area contributed by atoms with Crippen LogP contribution in [0.25, 0.3) is 0 Å². The third-order valence-electron chi connectivity index (χ3n) is 4.23. The third-order valence-corrected chi connectivity index (χ3v) is 4.52. The number of amides is 3. The zero-order chi connectivity index (χ0) is 25.0. The van der Waals surface area contributed by atoms with Gasteiger partial charge in [-0.25, -0.2) is 9.18 Å². The van der Waals surface area contributed by atoms with Gasteiger partial charge in [-0.05, 0) is 54.6 Å². The zero-order valence-corrected chi connectivity index (χ0v) is 17.4. The van der Waals surface area contributed by atoms with E-state index in [0.29, 0.717) is 12.1 Å². The van der Waals surface area contributed by atoms with Gasteiger partial charge in [0.05, 0.1) is 15.5 Å². The second-order valence-corrected chi connectivity index (χ2v) is 7.01. The molecule has 0 saturated carbocycles. The summed E-state index contributed by atoms with van der Waals surface area (Å²) in [4.78, 5) is 34.3. The number of nitro benzene ring substituents is 1. The number of anilines is 1. The lowest BCUT2D eigenvalue weighted by Crippen LogP contribution is -2.34. The molecular weight excluding hydrogens is 486 g/mol. The SMILES string of the molecule is O=C(NC(=O)c1ccc(Oc2ccc(C(F)(F)F)cc2[N+](=O)[O-])cc1)Nc1ccc(F)c(Cl)c1. The lowest BCUT2D eigenvalue weighted by molar-refractivity contribution is -0.385. The summed E-state index contributed by atoms with van der Waals surface area (Å²) in [5, 5.41) is 15.2. The molecule has 8 nitrogen and oxygen atoms in total. The molecule has 34 heavy (non-hydrogen) atoms. The number of urea groups is 1. The number of rotatable bonds is 5. The lowest BCUT2D eigenvalue weighted by atomic mass is 10.1. The van der Waals surface area contributed by atoms with Gasteiger partial charge in [0.15, 0.2) is 0 Å². The summed E-state index contributed by atoms with van der Waals surface area (Å²) in [6, 6.07) is 9.20. The molecule has 2 N–H and O–H groups in total. The van der Waals surface area contributed by atoms with E-state index < -0.39 is 45.9 Å². The lowest BCUT2D eigenvalue weighted by Gasteiger charge is -2.10. The van der Waals surface area contributed by atoms with Crippen molar-refractivity contribution in [1.82, 2.24) is 5.32 Å². The predicted octanol–water partition coefficient (Wildman–Crippen LogP) is 6.16. The summed E-state index contributed by atoms with van der Waals surface area (Å²) in [6.07, 6.45) is -4.77. The number of carbonyl (C=O) groups is 2. The Kier molecular flexibility index (Phi) is 7.01. The molecule has 3 aromatic carbocycles. The summed E-state index contributed by atoms with van der Waals surface area (Å²) in [7, 11) is 0. The fourth-order valence-corrected chi connectivity index (χ4v) is 2.82. The first-order valence-corrected chi connectivity index (χ1v) is 9.53. The van der Waals surface area contributed by atoms with Crippen molar-refractivity contribution in [1.29, 1.82) is 0 Å². The predicted molar refractivity (Wildman–Crippen MR) is 113 cm³/mol. The Bertz CT molecular complexity index is 1270. The van der Waals surface area contributed by atoms with Crippen LogP contribution in [-0.4, -0.2) is 16.9 Å². The zero-order valence-electron chi connectivity index (χ0n) is 16.7. The van der Waals surface area contributed by atoms with Crippen LogP contribution >= 0.6 is 11.6 Å². The maximum Gasteiger partial charge on any atom is 0.416 e. The van der Waals surface area contributed by atoms with Gasteiger partial charge in [0, 0.05) is 17.3 Å². The van der Waals surface area contributed by atoms with Crippen molar-refractivity contribution < 1.29 is 36.8 Å². The summed E-state index contributed by atoms with van der Waals surface area (Å²) in [5.41, 5.74) is -1.96. The minimum atomic E-state index is -4.77. The summed E-state index contributed by atoms with van der Waals surface area (Å²) in [6.45, 7) is 0. The van der Waals surface area contributed by atoms with E-state index in [1.807, 2.05) is 5.32 Å². The number of nitrogens with one attached hydrogen (secondary N) is 2. The quantitative estimate of drug-likeness (QED) is 0.249. The van der Waals surface area contributed by atoms with Gasteiger partial charge in [-0.1, -0.05) is 11.6 Å². The number of carbonyl (C=O) groups excluding carboxylic acids is 2. The van der Waals surface area contributed by atoms with Crippen LogP contribution in [0.1, 0.15) is 15.9 Å². The number of hydrogen-bond donors (Lipinski definition) is 2. The second-order valence-electron chi connectivity index (χ2n) is 6.60. The van der Waals surface area contributed by atoms with E-state index in [1.54, 1.807) is 0 Å². The van der Waals surface area contributed by atoms with E-state index in [0.717, 1.165) is 18.2 Å². The molecule has 0 fully saturated rings. The summed E-state index contributed by atoms with van der Waals surface area (Å²) < 4.78 is 56.9. The Hall–Kier alpha value is -4.19. The molecule has 13 heteroatoms. The molecule has 0 spiro atoms. The van der Waals surface area contributed by atoms with Gasteiger partial charge >= 0.3 is 17.9 Å². The number of nitro groups is 1. The van der Waals surface area contributed by atoms with Crippen LogP contribution in [0.3, 0.4) is 0 Å². The van der Waals surface area contributed by atoms with Crippen LogP contribution in [0.4, 0.5) is 33.7 Å². The smallest absolute Gasteiger partial charge is 0.416 e. The van der Waals surface area contributed by atoms with Crippen molar-refractivity contribution in [2.24, 2.45) is 0 Å². The van der Waals surface area contributed by atoms with Gasteiger partial charge < -0.3 is 10.1 Å². The molecule has 0 aliphatic carbocycles. The normalized spacial score (nSPS) is 11.0. The number of nitrogens with zero attached hydrogens (tertiary/aromatic N) is 1. The molecule has 176 valence electrons. The van der Waals surface area contributed by atoms with Gasteiger partial charge in [0.1, 0.15) is 11.6 Å². The molecular formula is C21H12ClF4N3O5. The molecule has 0 aliphatic heterocycles. The molecule has 0 unspecified atom stereocenters. The van der Waals surface area contributed by atoms with Crippen LogP contribution in [0.15, 0.2) is 60.7 Å². The number of ether oxygens (including phenoxy) is 1. The first-order valence-electron chi connectivity index (χ1n) is 9.15. The highest BCUT2D eigenvalue weighted by atomic mass is 35.5. The van der Waals surface area contributed by atoms with Crippen LogP contribution in [0.5, 0.6) is 11.5 Å². The van der Waals surface area contributed by atoms with Gasteiger partial charge in [-0.2, -0.15) is 13.2 Å². The van der Waals surface area contributed by atoms with E-state index in [-0.39, 0.29) is 22.0 Å². The molecule has 0 aromatic heterocycles. The largest absolute Gasteiger partial charge is 0.450 e. The minimum absolute atomic E-state index is 0.00144. The van der Waals surface area contributed by atoms with Gasteiger partial charge in [0.25, 0.3) is 5.91 Å². The van der Waals surface area contributed by atoms with Gasteiger partial charge in [-0.3, -0.25) is 20.2 Å². The topological polar surface area (TPSA) is 111 Å². The number of imide groups is 1. The molecule has 3 amide bonds.